The predicted molar refractivity (Wildman–Crippen MR) is 85.9 cm³/mol. The van der Waals surface area contributed by atoms with Crippen LogP contribution in [-0.4, -0.2) is 31.8 Å². The molecule has 0 aliphatic rings. The van der Waals surface area contributed by atoms with E-state index in [2.05, 4.69) is 32.0 Å². The average molecular weight is 315 g/mol. The molecule has 7 heteroatoms. The maximum atomic E-state index is 9.60. The molecule has 7 nitrogen and oxygen atoms in total. The Hall–Kier alpha value is -2.31. The quantitative estimate of drug-likeness (QED) is 0.523. The molecule has 0 saturated carbocycles. The summed E-state index contributed by atoms with van der Waals surface area (Å²) in [6.07, 6.45) is 7.46. The summed E-state index contributed by atoms with van der Waals surface area (Å²) in [5.74, 6) is -1.01. The Morgan fingerprint density at radius 2 is 1.27 bits per heavy atom. The SMILES string of the molecule is C=CCCC(=O)[O-].C=CCN.C=CCN.C=CC[NH3+].O=C=O. The van der Waals surface area contributed by atoms with Gasteiger partial charge in [-0.3, -0.25) is 0 Å². The lowest BCUT2D eigenvalue weighted by atomic mass is 10.3. The third kappa shape index (κ3) is 224. The lowest BCUT2D eigenvalue weighted by molar-refractivity contribution is -0.352. The van der Waals surface area contributed by atoms with Crippen LogP contribution in [0.15, 0.2) is 50.6 Å². The van der Waals surface area contributed by atoms with Crippen LogP contribution in [-0.2, 0) is 14.4 Å². The third-order valence-electron chi connectivity index (χ3n) is 1.09. The summed E-state index contributed by atoms with van der Waals surface area (Å²) in [5.41, 5.74) is 13.3. The van der Waals surface area contributed by atoms with Gasteiger partial charge in [0.15, 0.2) is 0 Å². The average Bonchev–Trinajstić information content (AvgIpc) is 2.54. The number of quaternary nitrogens is 1. The molecule has 0 aromatic rings. The predicted octanol–water partition coefficient (Wildman–Crippen LogP) is -1.20. The minimum Gasteiger partial charge on any atom is -0.550 e. The van der Waals surface area contributed by atoms with Crippen LogP contribution in [0.3, 0.4) is 0 Å². The fourth-order valence-corrected chi connectivity index (χ4v) is 0.220. The van der Waals surface area contributed by atoms with Crippen LogP contribution >= 0.6 is 0 Å². The van der Waals surface area contributed by atoms with Crippen molar-refractivity contribution >= 4 is 12.1 Å². The Morgan fingerprint density at radius 3 is 1.32 bits per heavy atom. The lowest BCUT2D eigenvalue weighted by Gasteiger charge is -1.93. The molecule has 0 bridgehead atoms. The van der Waals surface area contributed by atoms with Crippen LogP contribution in [0.5, 0.6) is 0 Å². The Labute approximate surface area is 132 Å². The molecule has 0 saturated heterocycles. The van der Waals surface area contributed by atoms with Gasteiger partial charge in [0.2, 0.25) is 0 Å². The Morgan fingerprint density at radius 1 is 1.00 bits per heavy atom. The van der Waals surface area contributed by atoms with Gasteiger partial charge in [-0.15, -0.1) is 19.7 Å². The molecule has 0 fully saturated rings. The highest BCUT2D eigenvalue weighted by atomic mass is 16.4. The van der Waals surface area contributed by atoms with Gasteiger partial charge in [-0.25, -0.2) is 0 Å². The monoisotopic (exact) mass is 315 g/mol. The highest BCUT2D eigenvalue weighted by Crippen LogP contribution is 1.83. The van der Waals surface area contributed by atoms with E-state index >= 15 is 0 Å². The maximum Gasteiger partial charge on any atom is 0.373 e. The molecule has 0 radical (unpaired) electrons. The molecule has 0 aliphatic heterocycles. The summed E-state index contributed by atoms with van der Waals surface area (Å²) in [7, 11) is 0. The molecule has 0 unspecified atom stereocenters. The smallest absolute Gasteiger partial charge is 0.373 e. The summed E-state index contributed by atoms with van der Waals surface area (Å²) in [5, 5.41) is 9.60. The number of carboxylic acid groups (broad SMARTS) is 1. The molecule has 0 atom stereocenters. The zero-order valence-electron chi connectivity index (χ0n) is 13.2. The number of carbonyl (C=O) groups excluding carboxylic acids is 3. The van der Waals surface area contributed by atoms with E-state index < -0.39 is 5.97 Å². The first-order valence-corrected chi connectivity index (χ1v) is 6.25. The minimum atomic E-state index is -1.01. The summed E-state index contributed by atoms with van der Waals surface area (Å²) in [4.78, 5) is 25.8. The van der Waals surface area contributed by atoms with Crippen molar-refractivity contribution < 1.29 is 25.2 Å². The largest absolute Gasteiger partial charge is 0.550 e. The molecular weight excluding hydrogens is 286 g/mol. The van der Waals surface area contributed by atoms with Gasteiger partial charge >= 0.3 is 6.15 Å². The van der Waals surface area contributed by atoms with Crippen molar-refractivity contribution in [2.75, 3.05) is 19.6 Å². The first-order chi connectivity index (χ1) is 10.4. The van der Waals surface area contributed by atoms with E-state index in [1.807, 2.05) is 0 Å². The van der Waals surface area contributed by atoms with E-state index in [0.29, 0.717) is 19.5 Å². The van der Waals surface area contributed by atoms with Gasteiger partial charge in [-0.1, -0.05) is 24.8 Å². The molecule has 0 amide bonds. The van der Waals surface area contributed by atoms with Gasteiger partial charge in [-0.2, -0.15) is 9.59 Å². The second-order valence-corrected chi connectivity index (χ2v) is 2.91. The topological polar surface area (TPSA) is 154 Å². The summed E-state index contributed by atoms with van der Waals surface area (Å²) >= 11 is 0. The molecule has 128 valence electrons. The fourth-order valence-electron chi connectivity index (χ4n) is 0.220. The number of nitrogens with two attached hydrogens (primary N) is 2. The zero-order valence-corrected chi connectivity index (χ0v) is 13.2. The van der Waals surface area contributed by atoms with Crippen LogP contribution in [0.4, 0.5) is 0 Å². The van der Waals surface area contributed by atoms with E-state index in [9.17, 15) is 9.90 Å². The number of carbonyl (C=O) groups is 1. The lowest BCUT2D eigenvalue weighted by Crippen LogP contribution is -2.48. The third-order valence-corrected chi connectivity index (χ3v) is 1.09. The molecule has 0 aliphatic carbocycles. The highest BCUT2D eigenvalue weighted by Gasteiger charge is 1.77. The van der Waals surface area contributed by atoms with E-state index in [1.165, 1.54) is 0 Å². The summed E-state index contributed by atoms with van der Waals surface area (Å²) in [6.45, 7) is 15.5. The van der Waals surface area contributed by atoms with Crippen molar-refractivity contribution in [2.45, 2.75) is 12.8 Å². The molecule has 0 aromatic carbocycles. The minimum absolute atomic E-state index is 0.0868. The molecule has 0 heterocycles. The molecule has 0 aromatic heterocycles. The molecule has 7 N–H and O–H groups in total. The van der Waals surface area contributed by atoms with Crippen molar-refractivity contribution in [3.8, 4) is 0 Å². The number of aliphatic carboxylic acids is 1. The van der Waals surface area contributed by atoms with Gasteiger partial charge in [0.1, 0.15) is 0 Å². The molecule has 0 spiro atoms. The van der Waals surface area contributed by atoms with Crippen molar-refractivity contribution in [2.24, 2.45) is 11.5 Å². The van der Waals surface area contributed by atoms with Gasteiger partial charge in [0.05, 0.1) is 6.54 Å². The molecular formula is C15H29N3O4. The Kier molecular flexibility index (Phi) is 74.1. The number of rotatable bonds is 6. The van der Waals surface area contributed by atoms with E-state index in [0.717, 1.165) is 6.54 Å². The van der Waals surface area contributed by atoms with Crippen LogP contribution in [0.2, 0.25) is 0 Å². The number of carboxylic acids is 1. The standard InChI is InChI=1S/C5H8O2.3C3H7N.CO2/c1-2-3-4-5(6)7;3*1-2-3-4;2-1-3/h2H,1,3-4H2,(H,6,7);3*2H,1,3-4H2;. The zero-order chi connectivity index (χ0) is 18.6. The van der Waals surface area contributed by atoms with Gasteiger partial charge in [0.25, 0.3) is 0 Å². The van der Waals surface area contributed by atoms with Crippen molar-refractivity contribution in [1.29, 1.82) is 0 Å². The number of hydrogen-bond acceptors (Lipinski definition) is 6. The summed E-state index contributed by atoms with van der Waals surface area (Å²) < 4.78 is 0. The van der Waals surface area contributed by atoms with Gasteiger partial charge in [-0.05, 0) is 18.9 Å². The van der Waals surface area contributed by atoms with Gasteiger partial charge in [0, 0.05) is 19.1 Å². The molecule has 0 rings (SSSR count). The second kappa shape index (κ2) is 51.2. The van der Waals surface area contributed by atoms with Gasteiger partial charge < -0.3 is 27.1 Å². The van der Waals surface area contributed by atoms with Crippen LogP contribution in [0.1, 0.15) is 12.8 Å². The van der Waals surface area contributed by atoms with E-state index in [-0.39, 0.29) is 12.6 Å². The van der Waals surface area contributed by atoms with Crippen molar-refractivity contribution in [3.05, 3.63) is 50.6 Å². The van der Waals surface area contributed by atoms with Crippen LogP contribution < -0.4 is 22.3 Å². The number of hydrogen-bond donors (Lipinski definition) is 3. The molecule has 22 heavy (non-hydrogen) atoms. The Balaban J connectivity index is -0.0000000570. The maximum absolute atomic E-state index is 9.60. The fraction of sp³-hybridized carbons (Fsp3) is 0.333. The summed E-state index contributed by atoms with van der Waals surface area (Å²) in [6, 6.07) is 0. The van der Waals surface area contributed by atoms with Crippen LogP contribution in [0, 0.1) is 0 Å². The highest BCUT2D eigenvalue weighted by molar-refractivity contribution is 5.64. The van der Waals surface area contributed by atoms with Crippen molar-refractivity contribution in [3.63, 3.8) is 0 Å². The normalized spacial score (nSPS) is 6.32. The number of allylic oxidation sites excluding steroid dienone is 1. The first kappa shape index (κ1) is 31.9. The van der Waals surface area contributed by atoms with E-state index in [4.69, 9.17) is 21.1 Å². The second-order valence-electron chi connectivity index (χ2n) is 2.91. The van der Waals surface area contributed by atoms with E-state index in [1.54, 1.807) is 24.3 Å². The Bertz CT molecular complexity index is 267. The first-order valence-electron chi connectivity index (χ1n) is 6.25. The van der Waals surface area contributed by atoms with Crippen LogP contribution in [0.25, 0.3) is 0 Å². The van der Waals surface area contributed by atoms with Crippen molar-refractivity contribution in [1.82, 2.24) is 0 Å².